The summed E-state index contributed by atoms with van der Waals surface area (Å²) < 4.78 is 5.73. The van der Waals surface area contributed by atoms with Crippen LogP contribution in [-0.4, -0.2) is 46.0 Å². The van der Waals surface area contributed by atoms with Crippen molar-refractivity contribution < 1.29 is 14.3 Å². The minimum absolute atomic E-state index is 0.0414. The molecule has 1 N–H and O–H groups in total. The summed E-state index contributed by atoms with van der Waals surface area (Å²) in [5, 5.41) is 3.13. The van der Waals surface area contributed by atoms with Gasteiger partial charge in [-0.1, -0.05) is 19.9 Å². The van der Waals surface area contributed by atoms with Crippen LogP contribution in [0.5, 0.6) is 0 Å². The quantitative estimate of drug-likeness (QED) is 0.858. The number of hydrogen-bond acceptors (Lipinski definition) is 4. The van der Waals surface area contributed by atoms with Gasteiger partial charge in [0.15, 0.2) is 6.10 Å². The van der Waals surface area contributed by atoms with Crippen molar-refractivity contribution in [3.05, 3.63) is 30.1 Å². The molecule has 6 nitrogen and oxygen atoms in total. The summed E-state index contributed by atoms with van der Waals surface area (Å²) in [7, 11) is 0. The molecule has 1 saturated carbocycles. The number of hydrogen-bond donors (Lipinski definition) is 1. The van der Waals surface area contributed by atoms with Gasteiger partial charge < -0.3 is 15.0 Å². The van der Waals surface area contributed by atoms with Gasteiger partial charge in [-0.25, -0.2) is 0 Å². The van der Waals surface area contributed by atoms with Crippen molar-refractivity contribution >= 4 is 11.8 Å². The van der Waals surface area contributed by atoms with Gasteiger partial charge >= 0.3 is 0 Å². The fraction of sp³-hybridized carbons (Fsp3) is 0.632. The van der Waals surface area contributed by atoms with Crippen LogP contribution in [0.3, 0.4) is 0 Å². The normalized spacial score (nSPS) is 24.3. The number of nitrogens with one attached hydrogen (secondary N) is 1. The maximum Gasteiger partial charge on any atom is 0.252 e. The van der Waals surface area contributed by atoms with Crippen molar-refractivity contribution in [1.29, 1.82) is 0 Å². The Labute approximate surface area is 148 Å². The zero-order chi connectivity index (χ0) is 18.0. The number of rotatable bonds is 6. The number of carbonyl (C=O) groups excluding carboxylic acids is 2. The van der Waals surface area contributed by atoms with Crippen LogP contribution in [0, 0.1) is 0 Å². The number of amides is 2. The fourth-order valence-corrected chi connectivity index (χ4v) is 3.31. The molecule has 0 bridgehead atoms. The zero-order valence-electron chi connectivity index (χ0n) is 15.2. The van der Waals surface area contributed by atoms with Crippen molar-refractivity contribution in [3.8, 4) is 0 Å². The molecule has 1 aliphatic heterocycles. The first-order valence-corrected chi connectivity index (χ1v) is 9.14. The van der Waals surface area contributed by atoms with Crippen LogP contribution in [-0.2, 0) is 14.3 Å². The lowest BCUT2D eigenvalue weighted by molar-refractivity contribution is -0.166. The predicted molar refractivity (Wildman–Crippen MR) is 93.7 cm³/mol. The first-order chi connectivity index (χ1) is 12.0. The molecule has 0 spiro atoms. The Bertz CT molecular complexity index is 626. The Morgan fingerprint density at radius 3 is 2.68 bits per heavy atom. The Balaban J connectivity index is 1.90. The van der Waals surface area contributed by atoms with Gasteiger partial charge in [0, 0.05) is 24.0 Å². The molecule has 1 aromatic heterocycles. The smallest absolute Gasteiger partial charge is 0.252 e. The summed E-state index contributed by atoms with van der Waals surface area (Å²) in [6, 6.07) is 3.53. The maximum absolute atomic E-state index is 13.0. The molecule has 0 radical (unpaired) electrons. The summed E-state index contributed by atoms with van der Waals surface area (Å²) in [5.74, 6) is -0.202. The molecule has 136 valence electrons. The molecule has 2 amide bonds. The molecule has 2 aliphatic rings. The second-order valence-electron chi connectivity index (χ2n) is 7.25. The SMILES string of the molecule is CCC(C)(CC)NC(=O)C1OCC(=O)N(C2CC2)C1c1cccnc1. The van der Waals surface area contributed by atoms with E-state index in [2.05, 4.69) is 24.1 Å². The van der Waals surface area contributed by atoms with Gasteiger partial charge in [-0.3, -0.25) is 14.6 Å². The van der Waals surface area contributed by atoms with E-state index in [1.165, 1.54) is 0 Å². The Kier molecular flexibility index (Phi) is 5.08. The highest BCUT2D eigenvalue weighted by atomic mass is 16.5. The Morgan fingerprint density at radius 2 is 2.12 bits per heavy atom. The second kappa shape index (κ2) is 7.12. The highest BCUT2D eigenvalue weighted by Gasteiger charge is 2.48. The van der Waals surface area contributed by atoms with Crippen molar-refractivity contribution in [2.24, 2.45) is 0 Å². The number of pyridine rings is 1. The van der Waals surface area contributed by atoms with E-state index in [0.717, 1.165) is 31.2 Å². The highest BCUT2D eigenvalue weighted by molar-refractivity contribution is 5.87. The lowest BCUT2D eigenvalue weighted by Gasteiger charge is -2.42. The molecule has 1 aromatic rings. The molecule has 0 aromatic carbocycles. The molecule has 2 atom stereocenters. The summed E-state index contributed by atoms with van der Waals surface area (Å²) >= 11 is 0. The van der Waals surface area contributed by atoms with Crippen LogP contribution in [0.15, 0.2) is 24.5 Å². The first-order valence-electron chi connectivity index (χ1n) is 9.14. The Morgan fingerprint density at radius 1 is 1.40 bits per heavy atom. The Hall–Kier alpha value is -1.95. The van der Waals surface area contributed by atoms with E-state index in [0.29, 0.717) is 0 Å². The molecule has 6 heteroatoms. The van der Waals surface area contributed by atoms with E-state index in [1.807, 2.05) is 24.0 Å². The molecule has 2 heterocycles. The minimum Gasteiger partial charge on any atom is -0.356 e. The van der Waals surface area contributed by atoms with Crippen LogP contribution < -0.4 is 5.32 Å². The third-order valence-electron chi connectivity index (χ3n) is 5.47. The summed E-state index contributed by atoms with van der Waals surface area (Å²) in [6.07, 6.45) is 6.35. The van der Waals surface area contributed by atoms with Gasteiger partial charge in [-0.15, -0.1) is 0 Å². The molecule has 25 heavy (non-hydrogen) atoms. The maximum atomic E-state index is 13.0. The van der Waals surface area contributed by atoms with Gasteiger partial charge in [-0.05, 0) is 44.2 Å². The molecule has 2 fully saturated rings. The van der Waals surface area contributed by atoms with Crippen molar-refractivity contribution in [1.82, 2.24) is 15.2 Å². The van der Waals surface area contributed by atoms with Gasteiger partial charge in [0.1, 0.15) is 6.61 Å². The molecular weight excluding hydrogens is 318 g/mol. The van der Waals surface area contributed by atoms with E-state index >= 15 is 0 Å². The molecule has 3 rings (SSSR count). The standard InChI is InChI=1S/C19H27N3O3/c1-4-19(3,5-2)21-18(24)17-16(13-7-6-10-20-11-13)22(14-8-9-14)15(23)12-25-17/h6-7,10-11,14,16-17H,4-5,8-9,12H2,1-3H3,(H,21,24). The number of morpholine rings is 1. The molecular formula is C19H27N3O3. The van der Waals surface area contributed by atoms with Gasteiger partial charge in [-0.2, -0.15) is 0 Å². The topological polar surface area (TPSA) is 71.5 Å². The van der Waals surface area contributed by atoms with E-state index in [9.17, 15) is 9.59 Å². The summed E-state index contributed by atoms with van der Waals surface area (Å²) in [4.78, 5) is 31.5. The van der Waals surface area contributed by atoms with E-state index in [4.69, 9.17) is 4.74 Å². The van der Waals surface area contributed by atoms with E-state index in [-0.39, 0.29) is 30.0 Å². The lowest BCUT2D eigenvalue weighted by Crippen LogP contribution is -2.58. The minimum atomic E-state index is -0.708. The second-order valence-corrected chi connectivity index (χ2v) is 7.25. The average Bonchev–Trinajstić information content (AvgIpc) is 3.46. The van der Waals surface area contributed by atoms with E-state index in [1.54, 1.807) is 12.4 Å². The number of ether oxygens (including phenoxy) is 1. The molecule has 1 aliphatic carbocycles. The number of carbonyl (C=O) groups is 2. The van der Waals surface area contributed by atoms with Crippen molar-refractivity contribution in [2.45, 2.75) is 70.2 Å². The van der Waals surface area contributed by atoms with Crippen LogP contribution in [0.25, 0.3) is 0 Å². The molecule has 2 unspecified atom stereocenters. The third-order valence-corrected chi connectivity index (χ3v) is 5.47. The van der Waals surface area contributed by atoms with Gasteiger partial charge in [0.05, 0.1) is 6.04 Å². The largest absolute Gasteiger partial charge is 0.356 e. The average molecular weight is 345 g/mol. The number of nitrogens with zero attached hydrogens (tertiary/aromatic N) is 2. The summed E-state index contributed by atoms with van der Waals surface area (Å²) in [5.41, 5.74) is 0.573. The first kappa shape index (κ1) is 17.9. The van der Waals surface area contributed by atoms with Crippen molar-refractivity contribution in [2.75, 3.05) is 6.61 Å². The fourth-order valence-electron chi connectivity index (χ4n) is 3.31. The number of aromatic nitrogens is 1. The third kappa shape index (κ3) is 3.68. The van der Waals surface area contributed by atoms with E-state index < -0.39 is 12.1 Å². The zero-order valence-corrected chi connectivity index (χ0v) is 15.2. The summed E-state index contributed by atoms with van der Waals surface area (Å²) in [6.45, 7) is 6.12. The van der Waals surface area contributed by atoms with Gasteiger partial charge in [0.25, 0.3) is 5.91 Å². The predicted octanol–water partition coefficient (Wildman–Crippen LogP) is 2.21. The molecule has 1 saturated heterocycles. The van der Waals surface area contributed by atoms with Crippen LogP contribution in [0.2, 0.25) is 0 Å². The van der Waals surface area contributed by atoms with Crippen LogP contribution in [0.4, 0.5) is 0 Å². The van der Waals surface area contributed by atoms with Crippen molar-refractivity contribution in [3.63, 3.8) is 0 Å². The highest BCUT2D eigenvalue weighted by Crippen LogP contribution is 2.39. The van der Waals surface area contributed by atoms with Crippen LogP contribution in [0.1, 0.15) is 58.1 Å². The van der Waals surface area contributed by atoms with Gasteiger partial charge in [0.2, 0.25) is 5.91 Å². The lowest BCUT2D eigenvalue weighted by atomic mass is 9.93. The monoisotopic (exact) mass is 345 g/mol. The van der Waals surface area contributed by atoms with Crippen LogP contribution >= 0.6 is 0 Å².